The van der Waals surface area contributed by atoms with E-state index in [1.54, 1.807) is 12.1 Å². The molecule has 0 aliphatic heterocycles. The fraction of sp³-hybridized carbons (Fsp3) is 0.357. The number of phenolic OH excluding ortho intramolecular Hbond substituents is 1. The minimum Gasteiger partial charge on any atom is -0.508 e. The van der Waals surface area contributed by atoms with Crippen LogP contribution in [0.2, 0.25) is 0 Å². The molecule has 0 aliphatic carbocycles. The van der Waals surface area contributed by atoms with E-state index in [0.717, 1.165) is 18.7 Å². The first-order chi connectivity index (χ1) is 8.67. The highest BCUT2D eigenvalue weighted by atomic mass is 16.3. The number of aryl methyl sites for hydroxylation is 1. The maximum absolute atomic E-state index is 9.23. The Morgan fingerprint density at radius 2 is 2.06 bits per heavy atom. The lowest BCUT2D eigenvalue weighted by Gasteiger charge is -2.13. The van der Waals surface area contributed by atoms with Gasteiger partial charge in [-0.05, 0) is 38.0 Å². The Morgan fingerprint density at radius 1 is 1.33 bits per heavy atom. The van der Waals surface area contributed by atoms with Crippen LogP contribution in [0.1, 0.15) is 19.4 Å². The second-order valence-corrected chi connectivity index (χ2v) is 4.50. The molecule has 0 saturated heterocycles. The van der Waals surface area contributed by atoms with Gasteiger partial charge in [-0.3, -0.25) is 4.68 Å². The molecule has 2 aromatic rings. The molecule has 1 atom stereocenters. The number of anilines is 1. The van der Waals surface area contributed by atoms with Crippen molar-refractivity contribution in [2.24, 2.45) is 0 Å². The van der Waals surface area contributed by atoms with E-state index in [9.17, 15) is 5.11 Å². The molecular formula is C14H19N3O. The molecule has 0 spiro atoms. The lowest BCUT2D eigenvalue weighted by atomic mass is 10.1. The number of nitrogens with one attached hydrogen (secondary N) is 1. The molecule has 96 valence electrons. The molecule has 0 bridgehead atoms. The molecule has 18 heavy (non-hydrogen) atoms. The molecule has 1 heterocycles. The van der Waals surface area contributed by atoms with Crippen molar-refractivity contribution < 1.29 is 5.11 Å². The van der Waals surface area contributed by atoms with Gasteiger partial charge in [0.2, 0.25) is 0 Å². The highest BCUT2D eigenvalue weighted by Gasteiger charge is 2.05. The van der Waals surface area contributed by atoms with E-state index in [1.165, 1.54) is 5.56 Å². The summed E-state index contributed by atoms with van der Waals surface area (Å²) < 4.78 is 1.90. The SMILES string of the molecule is CCn1cc(NC(C)Cc2ccc(O)cc2)cn1. The highest BCUT2D eigenvalue weighted by molar-refractivity contribution is 5.39. The Bertz CT molecular complexity index is 490. The zero-order chi connectivity index (χ0) is 13.0. The maximum atomic E-state index is 9.23. The van der Waals surface area contributed by atoms with Crippen molar-refractivity contribution in [3.63, 3.8) is 0 Å². The van der Waals surface area contributed by atoms with Crippen LogP contribution in [0.4, 0.5) is 5.69 Å². The first-order valence-electron chi connectivity index (χ1n) is 6.24. The van der Waals surface area contributed by atoms with Gasteiger partial charge in [0.15, 0.2) is 0 Å². The van der Waals surface area contributed by atoms with Crippen LogP contribution in [0, 0.1) is 0 Å². The molecule has 0 saturated carbocycles. The number of benzene rings is 1. The van der Waals surface area contributed by atoms with Gasteiger partial charge in [-0.25, -0.2) is 0 Å². The van der Waals surface area contributed by atoms with Crippen molar-refractivity contribution in [3.05, 3.63) is 42.2 Å². The molecule has 4 nitrogen and oxygen atoms in total. The van der Waals surface area contributed by atoms with Gasteiger partial charge in [-0.2, -0.15) is 5.10 Å². The third kappa shape index (κ3) is 3.26. The summed E-state index contributed by atoms with van der Waals surface area (Å²) in [6.45, 7) is 5.08. The van der Waals surface area contributed by atoms with Crippen molar-refractivity contribution in [3.8, 4) is 5.75 Å². The van der Waals surface area contributed by atoms with E-state index >= 15 is 0 Å². The molecule has 1 unspecified atom stereocenters. The van der Waals surface area contributed by atoms with Crippen molar-refractivity contribution in [2.75, 3.05) is 5.32 Å². The summed E-state index contributed by atoms with van der Waals surface area (Å²) in [5.41, 5.74) is 2.25. The van der Waals surface area contributed by atoms with Gasteiger partial charge >= 0.3 is 0 Å². The van der Waals surface area contributed by atoms with E-state index in [2.05, 4.69) is 24.3 Å². The van der Waals surface area contributed by atoms with E-state index in [4.69, 9.17) is 0 Å². The van der Waals surface area contributed by atoms with Crippen LogP contribution in [-0.2, 0) is 13.0 Å². The minimum atomic E-state index is 0.309. The molecule has 0 fully saturated rings. The fourth-order valence-corrected chi connectivity index (χ4v) is 1.93. The molecule has 1 aromatic heterocycles. The number of hydrogen-bond acceptors (Lipinski definition) is 3. The Hall–Kier alpha value is -1.97. The van der Waals surface area contributed by atoms with Gasteiger partial charge in [0.25, 0.3) is 0 Å². The quantitative estimate of drug-likeness (QED) is 0.851. The van der Waals surface area contributed by atoms with Crippen molar-refractivity contribution in [1.29, 1.82) is 0 Å². The van der Waals surface area contributed by atoms with E-state index in [0.29, 0.717) is 11.8 Å². The zero-order valence-corrected chi connectivity index (χ0v) is 10.8. The van der Waals surface area contributed by atoms with E-state index in [1.807, 2.05) is 29.2 Å². The Balaban J connectivity index is 1.91. The predicted octanol–water partition coefficient (Wildman–Crippen LogP) is 2.65. The number of aromatic nitrogens is 2. The van der Waals surface area contributed by atoms with Gasteiger partial charge in [-0.15, -0.1) is 0 Å². The number of nitrogens with zero attached hydrogens (tertiary/aromatic N) is 2. The first kappa shape index (κ1) is 12.5. The lowest BCUT2D eigenvalue weighted by molar-refractivity contribution is 0.475. The summed E-state index contributed by atoms with van der Waals surface area (Å²) in [5.74, 6) is 0.309. The Kier molecular flexibility index (Phi) is 3.87. The monoisotopic (exact) mass is 245 g/mol. The van der Waals surface area contributed by atoms with Crippen LogP contribution < -0.4 is 5.32 Å². The largest absolute Gasteiger partial charge is 0.508 e. The van der Waals surface area contributed by atoms with Gasteiger partial charge in [0.1, 0.15) is 5.75 Å². The van der Waals surface area contributed by atoms with Crippen LogP contribution in [0.15, 0.2) is 36.7 Å². The average Bonchev–Trinajstić information content (AvgIpc) is 2.79. The molecule has 4 heteroatoms. The maximum Gasteiger partial charge on any atom is 0.115 e. The van der Waals surface area contributed by atoms with Crippen molar-refractivity contribution in [2.45, 2.75) is 32.9 Å². The average molecular weight is 245 g/mol. The van der Waals surface area contributed by atoms with Gasteiger partial charge in [0.05, 0.1) is 11.9 Å². The summed E-state index contributed by atoms with van der Waals surface area (Å²) in [4.78, 5) is 0. The number of aromatic hydroxyl groups is 1. The number of hydrogen-bond donors (Lipinski definition) is 2. The molecule has 2 rings (SSSR count). The topological polar surface area (TPSA) is 50.1 Å². The summed E-state index contributed by atoms with van der Waals surface area (Å²) in [5, 5.41) is 16.9. The van der Waals surface area contributed by atoms with Gasteiger partial charge < -0.3 is 10.4 Å². The molecule has 2 N–H and O–H groups in total. The van der Waals surface area contributed by atoms with Crippen molar-refractivity contribution >= 4 is 5.69 Å². The summed E-state index contributed by atoms with van der Waals surface area (Å²) in [6.07, 6.45) is 4.77. The lowest BCUT2D eigenvalue weighted by Crippen LogP contribution is -2.17. The van der Waals surface area contributed by atoms with Crippen LogP contribution in [-0.4, -0.2) is 20.9 Å². The van der Waals surface area contributed by atoms with E-state index < -0.39 is 0 Å². The standard InChI is InChI=1S/C14H19N3O/c1-3-17-10-13(9-15-17)16-11(2)8-12-4-6-14(18)7-5-12/h4-7,9-11,16,18H,3,8H2,1-2H3. The molecular weight excluding hydrogens is 226 g/mol. The van der Waals surface area contributed by atoms with Gasteiger partial charge in [-0.1, -0.05) is 12.1 Å². The van der Waals surface area contributed by atoms with Crippen LogP contribution in [0.3, 0.4) is 0 Å². The fourth-order valence-electron chi connectivity index (χ4n) is 1.93. The second kappa shape index (κ2) is 5.58. The highest BCUT2D eigenvalue weighted by Crippen LogP contribution is 2.13. The van der Waals surface area contributed by atoms with Crippen LogP contribution in [0.5, 0.6) is 5.75 Å². The van der Waals surface area contributed by atoms with Crippen molar-refractivity contribution in [1.82, 2.24) is 9.78 Å². The molecule has 0 amide bonds. The zero-order valence-electron chi connectivity index (χ0n) is 10.8. The third-order valence-corrected chi connectivity index (χ3v) is 2.85. The normalized spacial score (nSPS) is 12.3. The predicted molar refractivity (Wildman–Crippen MR) is 72.8 cm³/mol. The Morgan fingerprint density at radius 3 is 2.67 bits per heavy atom. The first-order valence-corrected chi connectivity index (χ1v) is 6.24. The summed E-state index contributed by atoms with van der Waals surface area (Å²) in [7, 11) is 0. The van der Waals surface area contributed by atoms with Gasteiger partial charge in [0, 0.05) is 18.8 Å². The summed E-state index contributed by atoms with van der Waals surface area (Å²) >= 11 is 0. The minimum absolute atomic E-state index is 0.309. The van der Waals surface area contributed by atoms with Crippen LogP contribution >= 0.6 is 0 Å². The third-order valence-electron chi connectivity index (χ3n) is 2.85. The number of phenols is 1. The molecule has 1 aromatic carbocycles. The Labute approximate surface area is 107 Å². The molecule has 0 radical (unpaired) electrons. The second-order valence-electron chi connectivity index (χ2n) is 4.50. The summed E-state index contributed by atoms with van der Waals surface area (Å²) in [6, 6.07) is 7.66. The van der Waals surface area contributed by atoms with E-state index in [-0.39, 0.29) is 0 Å². The van der Waals surface area contributed by atoms with Crippen LogP contribution in [0.25, 0.3) is 0 Å². The smallest absolute Gasteiger partial charge is 0.115 e. The number of rotatable bonds is 5. The molecule has 0 aliphatic rings.